The van der Waals surface area contributed by atoms with Gasteiger partial charge in [-0.3, -0.25) is 0 Å². The Hall–Kier alpha value is -2.39. The average Bonchev–Trinajstić information content (AvgIpc) is 3.34. The number of fused-ring (bicyclic) bond motifs is 1. The summed E-state index contributed by atoms with van der Waals surface area (Å²) >= 11 is 4.55. The minimum atomic E-state index is -2.72. The standard InChI is InChI=1S/C23H23AsClF4N6O/c25-12-7-15(26)18(16(27)8-12)24-21-33-17-10-31-22(32-13-5-6-23(28,29)9-13)34-20(17)35(21)14-3-1-11(2-4-14)19(30)36/h7-8,10-11,13-14H,1-6,9H2,(H2,30,36)(H,31,32,34)/t11?,13-,14?/m0/s1. The van der Waals surface area contributed by atoms with Gasteiger partial charge in [0, 0.05) is 0 Å². The second kappa shape index (κ2) is 9.82. The molecule has 1 amide bonds. The van der Waals surface area contributed by atoms with Crippen LogP contribution in [-0.4, -0.2) is 53.1 Å². The first kappa shape index (κ1) is 25.3. The van der Waals surface area contributed by atoms with Gasteiger partial charge in [0.05, 0.1) is 0 Å². The number of halogens is 5. The number of nitrogens with one attached hydrogen (secondary N) is 1. The molecule has 0 unspecified atom stereocenters. The van der Waals surface area contributed by atoms with Gasteiger partial charge in [0.15, 0.2) is 0 Å². The fourth-order valence-corrected chi connectivity index (χ4v) is 7.41. The molecule has 1 atom stereocenters. The van der Waals surface area contributed by atoms with Crippen LogP contribution in [0.5, 0.6) is 0 Å². The number of primary amides is 1. The first-order valence-corrected chi connectivity index (χ1v) is 13.9. The first-order valence-electron chi connectivity index (χ1n) is 11.6. The van der Waals surface area contributed by atoms with Crippen molar-refractivity contribution in [3.05, 3.63) is 35.0 Å². The van der Waals surface area contributed by atoms with Gasteiger partial charge in [-0.25, -0.2) is 0 Å². The third-order valence-electron chi connectivity index (χ3n) is 6.81. The molecule has 2 aromatic heterocycles. The van der Waals surface area contributed by atoms with E-state index in [0.717, 1.165) is 12.1 Å². The summed E-state index contributed by atoms with van der Waals surface area (Å²) in [5, 5.41) is 2.96. The van der Waals surface area contributed by atoms with Crippen LogP contribution >= 0.6 is 11.6 Å². The molecule has 1 aromatic carbocycles. The van der Waals surface area contributed by atoms with Crippen LogP contribution in [-0.2, 0) is 4.79 Å². The van der Waals surface area contributed by atoms with E-state index in [1.165, 1.54) is 6.20 Å². The van der Waals surface area contributed by atoms with Crippen LogP contribution in [0.2, 0.25) is 5.02 Å². The van der Waals surface area contributed by atoms with Crippen molar-refractivity contribution in [3.63, 3.8) is 0 Å². The summed E-state index contributed by atoms with van der Waals surface area (Å²) in [7, 11) is 0. The maximum atomic E-state index is 14.6. The van der Waals surface area contributed by atoms with Crippen LogP contribution < -0.4 is 20.0 Å². The van der Waals surface area contributed by atoms with E-state index in [9.17, 15) is 22.4 Å². The molecule has 2 saturated carbocycles. The summed E-state index contributed by atoms with van der Waals surface area (Å²) in [5.74, 6) is -4.58. The van der Waals surface area contributed by atoms with Crippen molar-refractivity contribution >= 4 is 59.3 Å². The number of carbonyl (C=O) groups is 1. The first-order chi connectivity index (χ1) is 17.1. The van der Waals surface area contributed by atoms with Crippen molar-refractivity contribution in [1.29, 1.82) is 0 Å². The molecular formula is C23H23AsClF4N6O. The number of carbonyl (C=O) groups excluding carboxylic acids is 1. The third-order valence-corrected chi connectivity index (χ3v) is 9.47. The molecule has 0 bridgehead atoms. The quantitative estimate of drug-likeness (QED) is 0.342. The van der Waals surface area contributed by atoms with Gasteiger partial charge in [-0.05, 0) is 0 Å². The fourth-order valence-electron chi connectivity index (χ4n) is 4.98. The van der Waals surface area contributed by atoms with E-state index in [4.69, 9.17) is 17.3 Å². The van der Waals surface area contributed by atoms with Crippen molar-refractivity contribution in [2.24, 2.45) is 11.7 Å². The van der Waals surface area contributed by atoms with Crippen molar-refractivity contribution < 1.29 is 22.4 Å². The van der Waals surface area contributed by atoms with Gasteiger partial charge in [0.25, 0.3) is 0 Å². The number of amides is 1. The van der Waals surface area contributed by atoms with Crippen LogP contribution in [0, 0.1) is 17.6 Å². The van der Waals surface area contributed by atoms with Gasteiger partial charge in [-0.2, -0.15) is 0 Å². The van der Waals surface area contributed by atoms with Gasteiger partial charge in [-0.15, -0.1) is 0 Å². The second-order valence-electron chi connectivity index (χ2n) is 9.36. The van der Waals surface area contributed by atoms with Crippen molar-refractivity contribution in [2.75, 3.05) is 5.32 Å². The van der Waals surface area contributed by atoms with Gasteiger partial charge in [-0.1, -0.05) is 0 Å². The van der Waals surface area contributed by atoms with E-state index in [1.54, 1.807) is 0 Å². The Kier molecular flexibility index (Phi) is 6.89. The Morgan fingerprint density at radius 3 is 2.44 bits per heavy atom. The van der Waals surface area contributed by atoms with E-state index >= 15 is 0 Å². The van der Waals surface area contributed by atoms with Crippen molar-refractivity contribution in [3.8, 4) is 0 Å². The topological polar surface area (TPSA) is 98.7 Å². The summed E-state index contributed by atoms with van der Waals surface area (Å²) < 4.78 is 58.8. The molecule has 2 aliphatic carbocycles. The summed E-state index contributed by atoms with van der Waals surface area (Å²) in [6, 6.07) is 1.57. The third kappa shape index (κ3) is 5.18. The Bertz CT molecular complexity index is 1290. The normalized spacial score (nSPS) is 24.1. The van der Waals surface area contributed by atoms with Crippen LogP contribution in [0.1, 0.15) is 51.0 Å². The van der Waals surface area contributed by atoms with E-state index < -0.39 is 39.4 Å². The Morgan fingerprint density at radius 2 is 1.83 bits per heavy atom. The molecule has 3 aromatic rings. The zero-order valence-corrected chi connectivity index (χ0v) is 21.7. The monoisotopic (exact) mass is 585 g/mol. The number of hydrogen-bond acceptors (Lipinski definition) is 5. The van der Waals surface area contributed by atoms with Crippen LogP contribution in [0.4, 0.5) is 23.5 Å². The van der Waals surface area contributed by atoms with Crippen molar-refractivity contribution in [1.82, 2.24) is 19.5 Å². The fraction of sp³-hybridized carbons (Fsp3) is 0.478. The zero-order chi connectivity index (χ0) is 25.6. The van der Waals surface area contributed by atoms with Gasteiger partial charge in [0.2, 0.25) is 0 Å². The molecule has 0 aliphatic heterocycles. The molecule has 1 radical (unpaired) electrons. The summed E-state index contributed by atoms with van der Waals surface area (Å²) in [5.41, 5.74) is 6.38. The predicted octanol–water partition coefficient (Wildman–Crippen LogP) is 3.23. The van der Waals surface area contributed by atoms with Gasteiger partial charge < -0.3 is 0 Å². The maximum absolute atomic E-state index is 14.6. The molecule has 2 heterocycles. The van der Waals surface area contributed by atoms with E-state index in [0.29, 0.717) is 47.9 Å². The number of alkyl halides is 2. The van der Waals surface area contributed by atoms with E-state index in [2.05, 4.69) is 20.3 Å². The second-order valence-corrected chi connectivity index (χ2v) is 12.0. The summed E-state index contributed by atoms with van der Waals surface area (Å²) in [4.78, 5) is 25.1. The minimum absolute atomic E-state index is 0.0349. The molecular weight excluding hydrogens is 563 g/mol. The number of anilines is 1. The van der Waals surface area contributed by atoms with E-state index in [1.807, 2.05) is 4.57 Å². The van der Waals surface area contributed by atoms with Crippen LogP contribution in [0.3, 0.4) is 0 Å². The average molecular weight is 586 g/mol. The SMILES string of the molecule is NC(=O)C1CCC(n2c([As]c3c(F)cc(Cl)cc3F)nc3cnc(N[C@H]4CCC(F)(F)C4)nc32)CC1. The molecule has 3 N–H and O–H groups in total. The Morgan fingerprint density at radius 1 is 1.14 bits per heavy atom. The molecule has 191 valence electrons. The van der Waals surface area contributed by atoms with Crippen LogP contribution in [0.25, 0.3) is 11.2 Å². The molecule has 2 aliphatic rings. The van der Waals surface area contributed by atoms with Gasteiger partial charge in [0.1, 0.15) is 0 Å². The number of imidazole rings is 1. The molecule has 5 rings (SSSR count). The van der Waals surface area contributed by atoms with Crippen LogP contribution in [0.15, 0.2) is 18.3 Å². The number of nitrogens with two attached hydrogens (primary N) is 1. The van der Waals surface area contributed by atoms with Crippen molar-refractivity contribution in [2.45, 2.75) is 63.0 Å². The Labute approximate surface area is 215 Å². The molecule has 7 nitrogen and oxygen atoms in total. The predicted molar refractivity (Wildman–Crippen MR) is 128 cm³/mol. The number of nitrogens with zero attached hydrogens (tertiary/aromatic N) is 4. The number of rotatable bonds is 6. The van der Waals surface area contributed by atoms with E-state index in [-0.39, 0.29) is 46.0 Å². The molecule has 36 heavy (non-hydrogen) atoms. The number of benzene rings is 1. The molecule has 2 fully saturated rings. The molecule has 0 saturated heterocycles. The zero-order valence-electron chi connectivity index (χ0n) is 19.0. The molecule has 13 heteroatoms. The van der Waals surface area contributed by atoms with Gasteiger partial charge >= 0.3 is 216 Å². The Balaban J connectivity index is 1.52. The summed E-state index contributed by atoms with van der Waals surface area (Å²) in [6.07, 6.45) is 3.67. The summed E-state index contributed by atoms with van der Waals surface area (Å²) in [6.45, 7) is 0. The molecule has 0 spiro atoms. The number of hydrogen-bond donors (Lipinski definition) is 2. The number of aromatic nitrogens is 4.